The highest BCUT2D eigenvalue weighted by Gasteiger charge is 2.53. The maximum atomic E-state index is 11.6. The minimum Gasteiger partial charge on any atom is -0.444 e. The molecule has 2 rings (SSSR count). The average molecular weight is 221 g/mol. The summed E-state index contributed by atoms with van der Waals surface area (Å²) in [7, 11) is 0. The molecule has 4 N–H and O–H groups in total. The summed E-state index contributed by atoms with van der Waals surface area (Å²) in [6.45, 7) is 0. The number of carbonyl (C=O) groups is 2. The molecule has 0 saturated heterocycles. The predicted octanol–water partition coefficient (Wildman–Crippen LogP) is -0.162. The number of nitrogen functional groups attached to an aromatic ring is 1. The smallest absolute Gasteiger partial charge is 0.357 e. The molecular weight excluding hydrogens is 210 g/mol. The van der Waals surface area contributed by atoms with Crippen molar-refractivity contribution in [2.24, 2.45) is 5.73 Å². The van der Waals surface area contributed by atoms with Crippen LogP contribution in [0.15, 0.2) is 18.3 Å². The quantitative estimate of drug-likeness (QED) is 0.689. The molecule has 0 atom stereocenters. The summed E-state index contributed by atoms with van der Waals surface area (Å²) in [5, 5.41) is 0. The molecule has 1 saturated carbocycles. The lowest BCUT2D eigenvalue weighted by atomic mass is 10.3. The van der Waals surface area contributed by atoms with Gasteiger partial charge in [-0.3, -0.25) is 4.79 Å². The molecule has 1 amide bonds. The lowest BCUT2D eigenvalue weighted by Crippen LogP contribution is -2.35. The molecule has 0 aliphatic heterocycles. The molecule has 16 heavy (non-hydrogen) atoms. The number of hydrogen-bond donors (Lipinski definition) is 2. The molecule has 0 unspecified atom stereocenters. The predicted molar refractivity (Wildman–Crippen MR) is 55.2 cm³/mol. The largest absolute Gasteiger partial charge is 0.444 e. The Hall–Kier alpha value is -2.11. The van der Waals surface area contributed by atoms with Crippen LogP contribution in [0.5, 0.6) is 0 Å². The number of primary amides is 1. The molecule has 1 aromatic heterocycles. The number of ether oxygens (including phenoxy) is 1. The number of pyridine rings is 1. The van der Waals surface area contributed by atoms with E-state index < -0.39 is 17.5 Å². The molecule has 6 nitrogen and oxygen atoms in total. The third-order valence-corrected chi connectivity index (χ3v) is 2.44. The van der Waals surface area contributed by atoms with Crippen molar-refractivity contribution >= 4 is 17.6 Å². The summed E-state index contributed by atoms with van der Waals surface area (Å²) >= 11 is 0. The van der Waals surface area contributed by atoms with Gasteiger partial charge in [-0.25, -0.2) is 9.78 Å². The topological polar surface area (TPSA) is 108 Å². The van der Waals surface area contributed by atoms with Crippen LogP contribution in [-0.4, -0.2) is 22.5 Å². The van der Waals surface area contributed by atoms with Gasteiger partial charge in [-0.05, 0) is 12.1 Å². The molecule has 0 bridgehead atoms. The Balaban J connectivity index is 2.09. The Morgan fingerprint density at radius 1 is 1.38 bits per heavy atom. The van der Waals surface area contributed by atoms with Crippen molar-refractivity contribution < 1.29 is 14.3 Å². The second kappa shape index (κ2) is 3.48. The first-order valence-corrected chi connectivity index (χ1v) is 4.78. The van der Waals surface area contributed by atoms with E-state index in [-0.39, 0.29) is 5.69 Å². The van der Waals surface area contributed by atoms with Crippen molar-refractivity contribution in [2.45, 2.75) is 18.4 Å². The molecule has 1 aromatic rings. The second-order valence-corrected chi connectivity index (χ2v) is 3.72. The van der Waals surface area contributed by atoms with Gasteiger partial charge in [0.25, 0.3) is 5.91 Å². The summed E-state index contributed by atoms with van der Waals surface area (Å²) in [6.07, 6.45) is 2.30. The minimum absolute atomic E-state index is 0.113. The number of carbonyl (C=O) groups excluding carboxylic acids is 2. The van der Waals surface area contributed by atoms with Gasteiger partial charge in [-0.1, -0.05) is 0 Å². The second-order valence-electron chi connectivity index (χ2n) is 3.72. The maximum Gasteiger partial charge on any atom is 0.357 e. The van der Waals surface area contributed by atoms with Crippen molar-refractivity contribution in [3.63, 3.8) is 0 Å². The number of amides is 1. The van der Waals surface area contributed by atoms with Crippen LogP contribution in [0.25, 0.3) is 0 Å². The molecule has 0 aromatic carbocycles. The molecule has 0 spiro atoms. The van der Waals surface area contributed by atoms with Crippen LogP contribution >= 0.6 is 0 Å². The van der Waals surface area contributed by atoms with Crippen molar-refractivity contribution in [1.29, 1.82) is 0 Å². The van der Waals surface area contributed by atoms with Gasteiger partial charge in [-0.2, -0.15) is 0 Å². The third-order valence-electron chi connectivity index (χ3n) is 2.44. The first kappa shape index (κ1) is 10.4. The van der Waals surface area contributed by atoms with Gasteiger partial charge in [0, 0.05) is 12.8 Å². The summed E-state index contributed by atoms with van der Waals surface area (Å²) in [5.74, 6) is -1.27. The Bertz CT molecular complexity index is 437. The molecule has 1 heterocycles. The number of nitrogens with zero attached hydrogens (tertiary/aromatic N) is 1. The van der Waals surface area contributed by atoms with Crippen molar-refractivity contribution in [1.82, 2.24) is 4.98 Å². The fraction of sp³-hybridized carbons (Fsp3) is 0.300. The highest BCUT2D eigenvalue weighted by Crippen LogP contribution is 2.39. The van der Waals surface area contributed by atoms with Crippen LogP contribution in [0.3, 0.4) is 0 Å². The third kappa shape index (κ3) is 1.81. The SMILES string of the molecule is NC(=O)C1(OC(=O)c2ccc(N)cn2)CC1. The zero-order valence-electron chi connectivity index (χ0n) is 8.47. The Morgan fingerprint density at radius 2 is 2.06 bits per heavy atom. The molecule has 1 aliphatic carbocycles. The Labute approximate surface area is 91.6 Å². The number of nitrogens with two attached hydrogens (primary N) is 2. The van der Waals surface area contributed by atoms with E-state index in [1.54, 1.807) is 0 Å². The minimum atomic E-state index is -1.11. The van der Waals surface area contributed by atoms with E-state index in [0.29, 0.717) is 18.5 Å². The monoisotopic (exact) mass is 221 g/mol. The normalized spacial score (nSPS) is 16.5. The van der Waals surface area contributed by atoms with Crippen LogP contribution in [0, 0.1) is 0 Å². The number of esters is 1. The molecular formula is C10H11N3O3. The first-order chi connectivity index (χ1) is 7.53. The van der Waals surface area contributed by atoms with Crippen LogP contribution in [0.2, 0.25) is 0 Å². The van der Waals surface area contributed by atoms with E-state index >= 15 is 0 Å². The van der Waals surface area contributed by atoms with Gasteiger partial charge in [0.15, 0.2) is 5.60 Å². The lowest BCUT2D eigenvalue weighted by Gasteiger charge is -2.11. The fourth-order valence-electron chi connectivity index (χ4n) is 1.27. The van der Waals surface area contributed by atoms with Crippen LogP contribution in [0.1, 0.15) is 23.3 Å². The number of aromatic nitrogens is 1. The van der Waals surface area contributed by atoms with Crippen LogP contribution in [0.4, 0.5) is 5.69 Å². The highest BCUT2D eigenvalue weighted by atomic mass is 16.6. The average Bonchev–Trinajstić information content (AvgIpc) is 3.00. The van der Waals surface area contributed by atoms with Crippen molar-refractivity contribution in [2.75, 3.05) is 5.73 Å². The zero-order chi connectivity index (χ0) is 11.8. The zero-order valence-corrected chi connectivity index (χ0v) is 8.47. The van der Waals surface area contributed by atoms with Gasteiger partial charge in [0.2, 0.25) is 0 Å². The van der Waals surface area contributed by atoms with E-state index in [0.717, 1.165) is 0 Å². The maximum absolute atomic E-state index is 11.6. The summed E-state index contributed by atoms with van der Waals surface area (Å²) in [6, 6.07) is 2.97. The van der Waals surface area contributed by atoms with Gasteiger partial charge in [-0.15, -0.1) is 0 Å². The molecule has 6 heteroatoms. The van der Waals surface area contributed by atoms with Crippen LogP contribution in [-0.2, 0) is 9.53 Å². The number of hydrogen-bond acceptors (Lipinski definition) is 5. The molecule has 1 aliphatic rings. The van der Waals surface area contributed by atoms with E-state index in [9.17, 15) is 9.59 Å². The van der Waals surface area contributed by atoms with E-state index in [2.05, 4.69) is 4.98 Å². The first-order valence-electron chi connectivity index (χ1n) is 4.78. The summed E-state index contributed by atoms with van der Waals surface area (Å²) in [5.41, 5.74) is 10.0. The highest BCUT2D eigenvalue weighted by molar-refractivity contribution is 5.93. The van der Waals surface area contributed by atoms with Crippen LogP contribution < -0.4 is 11.5 Å². The molecule has 0 radical (unpaired) electrons. The van der Waals surface area contributed by atoms with Crippen molar-refractivity contribution in [3.8, 4) is 0 Å². The summed E-state index contributed by atoms with van der Waals surface area (Å²) < 4.78 is 5.02. The lowest BCUT2D eigenvalue weighted by molar-refractivity contribution is -0.128. The molecule has 1 fully saturated rings. The number of rotatable bonds is 3. The standard InChI is InChI=1S/C10H11N3O3/c11-6-1-2-7(13-5-6)8(14)16-10(3-4-10)9(12)15/h1-2,5H,3-4,11H2,(H2,12,15). The Kier molecular flexibility index (Phi) is 2.26. The van der Waals surface area contributed by atoms with Gasteiger partial charge >= 0.3 is 5.97 Å². The Morgan fingerprint density at radius 3 is 2.50 bits per heavy atom. The molecule has 84 valence electrons. The van der Waals surface area contributed by atoms with Gasteiger partial charge in [0.05, 0.1) is 11.9 Å². The van der Waals surface area contributed by atoms with E-state index in [1.165, 1.54) is 18.3 Å². The van der Waals surface area contributed by atoms with E-state index in [4.69, 9.17) is 16.2 Å². The van der Waals surface area contributed by atoms with Crippen molar-refractivity contribution in [3.05, 3.63) is 24.0 Å². The number of anilines is 1. The van der Waals surface area contributed by atoms with E-state index in [1.807, 2.05) is 0 Å². The van der Waals surface area contributed by atoms with Gasteiger partial charge in [0.1, 0.15) is 5.69 Å². The summed E-state index contributed by atoms with van der Waals surface area (Å²) in [4.78, 5) is 26.4. The van der Waals surface area contributed by atoms with Gasteiger partial charge < -0.3 is 16.2 Å². The fourth-order valence-corrected chi connectivity index (χ4v) is 1.27.